The smallest absolute Gasteiger partial charge is 0.133 e. The van der Waals surface area contributed by atoms with Crippen molar-refractivity contribution >= 4 is 57.3 Å². The Morgan fingerprint density at radius 2 is 2.17 bits per heavy atom. The van der Waals surface area contributed by atoms with Crippen molar-refractivity contribution in [2.75, 3.05) is 6.26 Å². The van der Waals surface area contributed by atoms with Gasteiger partial charge in [0.15, 0.2) is 0 Å². The highest BCUT2D eigenvalue weighted by Crippen LogP contribution is 2.03. The van der Waals surface area contributed by atoms with Crippen LogP contribution in [0.15, 0.2) is 0 Å². The number of thioether (sulfide) groups is 1. The van der Waals surface area contributed by atoms with Crippen molar-refractivity contribution in [3.63, 3.8) is 0 Å². The summed E-state index contributed by atoms with van der Waals surface area (Å²) >= 11 is 15.5. The van der Waals surface area contributed by atoms with Crippen LogP contribution < -0.4 is 5.32 Å². The summed E-state index contributed by atoms with van der Waals surface area (Å²) < 4.78 is 1.60. The molecule has 0 fully saturated rings. The molecule has 5 heteroatoms. The Labute approximate surface area is 94.5 Å². The van der Waals surface area contributed by atoms with Crippen LogP contribution in [-0.2, 0) is 0 Å². The first-order valence-corrected chi connectivity index (χ1v) is 6.11. The van der Waals surface area contributed by atoms with Crippen LogP contribution in [0.3, 0.4) is 0 Å². The number of thiocarbonyl (C=S) groups is 2. The average molecular weight is 239 g/mol. The maximum Gasteiger partial charge on any atom is 0.133 e. The van der Waals surface area contributed by atoms with Gasteiger partial charge >= 0.3 is 0 Å². The summed E-state index contributed by atoms with van der Waals surface area (Å²) in [6, 6.07) is 0.384. The van der Waals surface area contributed by atoms with Gasteiger partial charge in [-0.05, 0) is 26.0 Å². The van der Waals surface area contributed by atoms with E-state index < -0.39 is 0 Å². The van der Waals surface area contributed by atoms with Crippen molar-refractivity contribution in [1.29, 1.82) is 0 Å². The van der Waals surface area contributed by atoms with Crippen LogP contribution >= 0.6 is 48.8 Å². The SMILES string of the molecule is CSC(=S)NC(C)CCC(=S)S. The number of thiol groups is 1. The van der Waals surface area contributed by atoms with Crippen LogP contribution in [0.2, 0.25) is 0 Å². The number of hydrogen-bond acceptors (Lipinski definition) is 3. The van der Waals surface area contributed by atoms with E-state index in [9.17, 15) is 0 Å². The first-order chi connectivity index (χ1) is 5.56. The molecular weight excluding hydrogens is 226 g/mol. The first kappa shape index (κ1) is 12.7. The Morgan fingerprint density at radius 1 is 1.58 bits per heavy atom. The fraction of sp³-hybridized carbons (Fsp3) is 0.714. The molecular formula is C7H13NS4. The predicted molar refractivity (Wildman–Crippen MR) is 69.5 cm³/mol. The lowest BCUT2D eigenvalue weighted by Gasteiger charge is -2.13. The van der Waals surface area contributed by atoms with Gasteiger partial charge in [-0.3, -0.25) is 0 Å². The Balaban J connectivity index is 3.52. The van der Waals surface area contributed by atoms with Crippen LogP contribution in [0, 0.1) is 0 Å². The van der Waals surface area contributed by atoms with E-state index in [1.807, 2.05) is 6.26 Å². The number of rotatable bonds is 4. The minimum Gasteiger partial charge on any atom is -0.369 e. The maximum atomic E-state index is 5.01. The quantitative estimate of drug-likeness (QED) is 0.577. The topological polar surface area (TPSA) is 12.0 Å². The second-order valence-corrected chi connectivity index (χ2v) is 5.29. The molecule has 0 saturated heterocycles. The van der Waals surface area contributed by atoms with E-state index in [2.05, 4.69) is 24.9 Å². The fourth-order valence-corrected chi connectivity index (χ4v) is 1.44. The van der Waals surface area contributed by atoms with Gasteiger partial charge < -0.3 is 5.32 Å². The van der Waals surface area contributed by atoms with E-state index in [0.717, 1.165) is 21.4 Å². The van der Waals surface area contributed by atoms with Crippen molar-refractivity contribution in [2.45, 2.75) is 25.8 Å². The van der Waals surface area contributed by atoms with Crippen LogP contribution in [0.1, 0.15) is 19.8 Å². The van der Waals surface area contributed by atoms with Crippen LogP contribution in [-0.4, -0.2) is 20.8 Å². The highest BCUT2D eigenvalue weighted by molar-refractivity contribution is 8.22. The molecule has 0 heterocycles. The molecule has 0 aromatic rings. The van der Waals surface area contributed by atoms with Gasteiger partial charge in [0.05, 0.1) is 0 Å². The zero-order valence-electron chi connectivity index (χ0n) is 7.16. The molecule has 1 unspecified atom stereocenters. The lowest BCUT2D eigenvalue weighted by atomic mass is 10.2. The van der Waals surface area contributed by atoms with Gasteiger partial charge in [0.25, 0.3) is 0 Å². The molecule has 1 N–H and O–H groups in total. The molecule has 0 aliphatic heterocycles. The molecule has 0 spiro atoms. The summed E-state index contributed by atoms with van der Waals surface area (Å²) in [4.78, 5) is 0. The normalized spacial score (nSPS) is 12.2. The minimum absolute atomic E-state index is 0.384. The lowest BCUT2D eigenvalue weighted by Crippen LogP contribution is -2.29. The maximum absolute atomic E-state index is 5.01. The van der Waals surface area contributed by atoms with Gasteiger partial charge in [-0.25, -0.2) is 0 Å². The van der Waals surface area contributed by atoms with Gasteiger partial charge in [0.1, 0.15) is 4.32 Å². The van der Waals surface area contributed by atoms with Crippen molar-refractivity contribution in [3.8, 4) is 0 Å². The molecule has 0 saturated carbocycles. The molecule has 0 amide bonds. The van der Waals surface area contributed by atoms with Gasteiger partial charge in [-0.2, -0.15) is 0 Å². The molecule has 0 radical (unpaired) electrons. The molecule has 0 rings (SSSR count). The average Bonchev–Trinajstić information content (AvgIpc) is 2.00. The van der Waals surface area contributed by atoms with Gasteiger partial charge in [0, 0.05) is 10.2 Å². The van der Waals surface area contributed by atoms with Gasteiger partial charge in [0.2, 0.25) is 0 Å². The van der Waals surface area contributed by atoms with Crippen molar-refractivity contribution in [3.05, 3.63) is 0 Å². The highest BCUT2D eigenvalue weighted by atomic mass is 32.2. The van der Waals surface area contributed by atoms with E-state index >= 15 is 0 Å². The summed E-state index contributed by atoms with van der Waals surface area (Å²) in [6.07, 6.45) is 3.82. The van der Waals surface area contributed by atoms with Crippen LogP contribution in [0.4, 0.5) is 0 Å². The van der Waals surface area contributed by atoms with Crippen LogP contribution in [0.5, 0.6) is 0 Å². The summed E-state index contributed by atoms with van der Waals surface area (Å²) in [5, 5.41) is 3.19. The number of hydrogen-bond donors (Lipinski definition) is 2. The third-order valence-electron chi connectivity index (χ3n) is 1.34. The third-order valence-corrected chi connectivity index (χ3v) is 2.88. The van der Waals surface area contributed by atoms with E-state index in [4.69, 9.17) is 24.4 Å². The molecule has 0 bridgehead atoms. The van der Waals surface area contributed by atoms with Crippen molar-refractivity contribution in [2.24, 2.45) is 0 Å². The fourth-order valence-electron chi connectivity index (χ4n) is 0.672. The zero-order chi connectivity index (χ0) is 9.56. The molecule has 0 aromatic heterocycles. The third kappa shape index (κ3) is 7.34. The molecule has 1 atom stereocenters. The summed E-state index contributed by atoms with van der Waals surface area (Å²) in [6.45, 7) is 2.09. The molecule has 70 valence electrons. The highest BCUT2D eigenvalue weighted by Gasteiger charge is 2.03. The summed E-state index contributed by atoms with van der Waals surface area (Å²) in [5.41, 5.74) is 0. The molecule has 0 aliphatic carbocycles. The Morgan fingerprint density at radius 3 is 2.58 bits per heavy atom. The molecule has 1 nitrogen and oxygen atoms in total. The van der Waals surface area contributed by atoms with Gasteiger partial charge in [-0.1, -0.05) is 24.4 Å². The van der Waals surface area contributed by atoms with Crippen LogP contribution in [0.25, 0.3) is 0 Å². The Kier molecular flexibility index (Phi) is 7.52. The van der Waals surface area contributed by atoms with Crippen molar-refractivity contribution in [1.82, 2.24) is 5.32 Å². The van der Waals surface area contributed by atoms with Crippen molar-refractivity contribution < 1.29 is 0 Å². The Bertz CT molecular complexity index is 169. The summed E-state index contributed by atoms with van der Waals surface area (Å²) in [5.74, 6) is 0. The monoisotopic (exact) mass is 239 g/mol. The van der Waals surface area contributed by atoms with E-state index in [1.165, 1.54) is 0 Å². The number of nitrogens with one attached hydrogen (secondary N) is 1. The zero-order valence-corrected chi connectivity index (χ0v) is 10.5. The van der Waals surface area contributed by atoms with E-state index in [-0.39, 0.29) is 0 Å². The second-order valence-electron chi connectivity index (χ2n) is 2.47. The molecule has 12 heavy (non-hydrogen) atoms. The Hall–Kier alpha value is 0.680. The molecule has 0 aromatic carbocycles. The first-order valence-electron chi connectivity index (χ1n) is 3.62. The molecule has 0 aliphatic rings. The largest absolute Gasteiger partial charge is 0.369 e. The standard InChI is InChI=1S/C7H13NS4/c1-5(3-4-6(9)10)8-7(11)12-2/h5H,3-4H2,1-2H3,(H,8,11)(H,9,10). The van der Waals surface area contributed by atoms with Gasteiger partial charge in [-0.15, -0.1) is 24.4 Å². The minimum atomic E-state index is 0.384. The van der Waals surface area contributed by atoms with E-state index in [0.29, 0.717) is 6.04 Å². The second kappa shape index (κ2) is 7.12. The predicted octanol–water partition coefficient (Wildman–Crippen LogP) is 2.65. The van der Waals surface area contributed by atoms with E-state index in [1.54, 1.807) is 11.8 Å². The lowest BCUT2D eigenvalue weighted by molar-refractivity contribution is 0.633. The summed E-state index contributed by atoms with van der Waals surface area (Å²) in [7, 11) is 0.